The van der Waals surface area contributed by atoms with Crippen LogP contribution in [0.5, 0.6) is 0 Å². The number of piperidine rings is 1. The maximum Gasteiger partial charge on any atom is 0.255 e. The molecule has 4 rings (SSSR count). The highest BCUT2D eigenvalue weighted by Crippen LogP contribution is 2.21. The number of carbonyl (C=O) groups excluding carboxylic acids is 1. The van der Waals surface area contributed by atoms with Gasteiger partial charge in [0.15, 0.2) is 5.65 Å². The number of aliphatic hydroxyl groups excluding tert-OH is 1. The molecule has 2 aromatic heterocycles. The topological polar surface area (TPSA) is 71.2 Å². The quantitative estimate of drug-likeness (QED) is 0.785. The standard InChI is InChI=1S/C20H22N4O2/c25-13-17-8-4-5-9-24(17)20(26)16-10-18-19(21-11-16)23(14-22-18)12-15-6-2-1-3-7-15/h1-3,6-7,10-11,14,17,25H,4-5,8-9,12-13H2. The Kier molecular flexibility index (Phi) is 4.67. The molecule has 6 nitrogen and oxygen atoms in total. The molecule has 0 saturated carbocycles. The zero-order valence-corrected chi connectivity index (χ0v) is 14.6. The average molecular weight is 350 g/mol. The van der Waals surface area contributed by atoms with Crippen molar-refractivity contribution in [2.24, 2.45) is 0 Å². The number of hydrogen-bond acceptors (Lipinski definition) is 4. The number of hydrogen-bond donors (Lipinski definition) is 1. The summed E-state index contributed by atoms with van der Waals surface area (Å²) in [5, 5.41) is 9.55. The van der Waals surface area contributed by atoms with E-state index in [0.717, 1.165) is 24.9 Å². The summed E-state index contributed by atoms with van der Waals surface area (Å²) >= 11 is 0. The van der Waals surface area contributed by atoms with E-state index in [4.69, 9.17) is 0 Å². The van der Waals surface area contributed by atoms with Gasteiger partial charge in [0.05, 0.1) is 31.1 Å². The number of nitrogens with zero attached hydrogens (tertiary/aromatic N) is 4. The van der Waals surface area contributed by atoms with Gasteiger partial charge in [-0.1, -0.05) is 30.3 Å². The van der Waals surface area contributed by atoms with Crippen molar-refractivity contribution in [3.05, 3.63) is 60.0 Å². The molecule has 1 unspecified atom stereocenters. The summed E-state index contributed by atoms with van der Waals surface area (Å²) in [4.78, 5) is 23.5. The van der Waals surface area contributed by atoms with Crippen molar-refractivity contribution in [1.82, 2.24) is 19.4 Å². The molecule has 0 bridgehead atoms. The summed E-state index contributed by atoms with van der Waals surface area (Å²) in [7, 11) is 0. The Morgan fingerprint density at radius 3 is 2.85 bits per heavy atom. The van der Waals surface area contributed by atoms with Gasteiger partial charge in [-0.05, 0) is 30.9 Å². The number of likely N-dealkylation sites (tertiary alicyclic amines) is 1. The van der Waals surface area contributed by atoms with E-state index in [2.05, 4.69) is 22.1 Å². The molecule has 6 heteroatoms. The van der Waals surface area contributed by atoms with Crippen molar-refractivity contribution in [3.8, 4) is 0 Å². The highest BCUT2D eigenvalue weighted by molar-refractivity contribution is 5.96. The minimum Gasteiger partial charge on any atom is -0.394 e. The number of carbonyl (C=O) groups is 1. The molecule has 1 fully saturated rings. The van der Waals surface area contributed by atoms with Gasteiger partial charge in [0.2, 0.25) is 0 Å². The first-order chi connectivity index (χ1) is 12.8. The number of aromatic nitrogens is 3. The number of fused-ring (bicyclic) bond motifs is 1. The number of imidazole rings is 1. The molecule has 26 heavy (non-hydrogen) atoms. The van der Waals surface area contributed by atoms with Crippen LogP contribution in [-0.4, -0.2) is 49.6 Å². The molecular weight excluding hydrogens is 328 g/mol. The molecule has 1 aromatic carbocycles. The second-order valence-corrected chi connectivity index (χ2v) is 6.76. The first-order valence-electron chi connectivity index (χ1n) is 9.03. The molecule has 134 valence electrons. The lowest BCUT2D eigenvalue weighted by Gasteiger charge is -2.34. The number of amides is 1. The Bertz CT molecular complexity index is 907. The van der Waals surface area contributed by atoms with Crippen molar-refractivity contribution in [2.75, 3.05) is 13.2 Å². The van der Waals surface area contributed by atoms with Gasteiger partial charge in [0.1, 0.15) is 5.52 Å². The van der Waals surface area contributed by atoms with Crippen molar-refractivity contribution in [2.45, 2.75) is 31.8 Å². The smallest absolute Gasteiger partial charge is 0.255 e. The van der Waals surface area contributed by atoms with E-state index in [-0.39, 0.29) is 18.6 Å². The number of benzene rings is 1. The Labute approximate surface area is 152 Å². The van der Waals surface area contributed by atoms with Crippen molar-refractivity contribution in [1.29, 1.82) is 0 Å². The van der Waals surface area contributed by atoms with Gasteiger partial charge in [0.25, 0.3) is 5.91 Å². The molecule has 1 atom stereocenters. The third-order valence-electron chi connectivity index (χ3n) is 5.00. The first kappa shape index (κ1) is 16.7. The van der Waals surface area contributed by atoms with Crippen LogP contribution in [0.25, 0.3) is 11.2 Å². The summed E-state index contributed by atoms with van der Waals surface area (Å²) < 4.78 is 1.98. The van der Waals surface area contributed by atoms with Crippen molar-refractivity contribution in [3.63, 3.8) is 0 Å². The van der Waals surface area contributed by atoms with Crippen LogP contribution in [0, 0.1) is 0 Å². The second-order valence-electron chi connectivity index (χ2n) is 6.76. The number of rotatable bonds is 4. The van der Waals surface area contributed by atoms with E-state index in [1.165, 1.54) is 5.56 Å². The molecule has 1 amide bonds. The van der Waals surface area contributed by atoms with Crippen LogP contribution in [0.3, 0.4) is 0 Å². The lowest BCUT2D eigenvalue weighted by Crippen LogP contribution is -2.45. The molecule has 3 heterocycles. The molecule has 1 N–H and O–H groups in total. The van der Waals surface area contributed by atoms with E-state index < -0.39 is 0 Å². The zero-order valence-electron chi connectivity index (χ0n) is 14.6. The number of pyridine rings is 1. The molecule has 3 aromatic rings. The average Bonchev–Trinajstić information content (AvgIpc) is 3.10. The van der Waals surface area contributed by atoms with Crippen LogP contribution in [-0.2, 0) is 6.54 Å². The lowest BCUT2D eigenvalue weighted by atomic mass is 10.0. The third kappa shape index (κ3) is 3.20. The maximum absolute atomic E-state index is 12.9. The van der Waals surface area contributed by atoms with E-state index in [1.54, 1.807) is 23.5 Å². The van der Waals surface area contributed by atoms with Crippen molar-refractivity contribution < 1.29 is 9.90 Å². The summed E-state index contributed by atoms with van der Waals surface area (Å²) in [6, 6.07) is 11.8. The summed E-state index contributed by atoms with van der Waals surface area (Å²) in [6.07, 6.45) is 6.26. The SMILES string of the molecule is O=C(c1cnc2c(c1)ncn2Cc1ccccc1)N1CCCCC1CO. The highest BCUT2D eigenvalue weighted by atomic mass is 16.3. The van der Waals surface area contributed by atoms with Crippen LogP contribution >= 0.6 is 0 Å². The van der Waals surface area contributed by atoms with Gasteiger partial charge in [-0.2, -0.15) is 0 Å². The van der Waals surface area contributed by atoms with Gasteiger partial charge in [-0.15, -0.1) is 0 Å². The predicted molar refractivity (Wildman–Crippen MR) is 98.8 cm³/mol. The Morgan fingerprint density at radius 2 is 2.04 bits per heavy atom. The largest absolute Gasteiger partial charge is 0.394 e. The summed E-state index contributed by atoms with van der Waals surface area (Å²) in [5.41, 5.74) is 3.18. The Morgan fingerprint density at radius 1 is 1.19 bits per heavy atom. The third-order valence-corrected chi connectivity index (χ3v) is 5.00. The van der Waals surface area contributed by atoms with Crippen molar-refractivity contribution >= 4 is 17.1 Å². The van der Waals surface area contributed by atoms with Gasteiger partial charge in [-0.3, -0.25) is 4.79 Å². The molecular formula is C20H22N4O2. The normalized spacial score (nSPS) is 17.6. The monoisotopic (exact) mass is 350 g/mol. The zero-order chi connectivity index (χ0) is 17.9. The second kappa shape index (κ2) is 7.25. The predicted octanol–water partition coefficient (Wildman–Crippen LogP) is 2.47. The van der Waals surface area contributed by atoms with E-state index in [0.29, 0.717) is 24.2 Å². The maximum atomic E-state index is 12.9. The Balaban J connectivity index is 1.59. The van der Waals surface area contributed by atoms with Crippen LogP contribution in [0.2, 0.25) is 0 Å². The number of aliphatic hydroxyl groups is 1. The molecule has 1 aliphatic rings. The minimum atomic E-state index is -0.0948. The van der Waals surface area contributed by atoms with Crippen LogP contribution in [0.15, 0.2) is 48.9 Å². The molecule has 0 radical (unpaired) electrons. The fourth-order valence-corrected chi connectivity index (χ4v) is 3.59. The summed E-state index contributed by atoms with van der Waals surface area (Å²) in [6.45, 7) is 1.38. The lowest BCUT2D eigenvalue weighted by molar-refractivity contribution is 0.0503. The van der Waals surface area contributed by atoms with E-state index in [1.807, 2.05) is 22.8 Å². The van der Waals surface area contributed by atoms with Gasteiger partial charge < -0.3 is 14.6 Å². The van der Waals surface area contributed by atoms with E-state index in [9.17, 15) is 9.90 Å². The first-order valence-corrected chi connectivity index (χ1v) is 9.03. The molecule has 0 aliphatic carbocycles. The van der Waals surface area contributed by atoms with E-state index >= 15 is 0 Å². The van der Waals surface area contributed by atoms with Crippen LogP contribution in [0.4, 0.5) is 0 Å². The summed E-state index contributed by atoms with van der Waals surface area (Å²) in [5.74, 6) is -0.0734. The van der Waals surface area contributed by atoms with Crippen LogP contribution in [0.1, 0.15) is 35.2 Å². The highest BCUT2D eigenvalue weighted by Gasteiger charge is 2.27. The van der Waals surface area contributed by atoms with Crippen LogP contribution < -0.4 is 0 Å². The molecule has 0 spiro atoms. The molecule has 1 saturated heterocycles. The Hall–Kier alpha value is -2.73. The van der Waals surface area contributed by atoms with Gasteiger partial charge in [-0.25, -0.2) is 9.97 Å². The minimum absolute atomic E-state index is 0.00706. The van der Waals surface area contributed by atoms with Gasteiger partial charge >= 0.3 is 0 Å². The molecule has 1 aliphatic heterocycles. The van der Waals surface area contributed by atoms with Gasteiger partial charge in [0, 0.05) is 12.7 Å². The fourth-order valence-electron chi connectivity index (χ4n) is 3.59. The fraction of sp³-hybridized carbons (Fsp3) is 0.350.